The van der Waals surface area contributed by atoms with Crippen LogP contribution in [0.5, 0.6) is 0 Å². The van der Waals surface area contributed by atoms with Crippen LogP contribution < -0.4 is 0 Å². The summed E-state index contributed by atoms with van der Waals surface area (Å²) < 4.78 is 0. The minimum absolute atomic E-state index is 0.586. The van der Waals surface area contributed by atoms with Crippen LogP contribution in [0, 0.1) is 35.0 Å². The van der Waals surface area contributed by atoms with Gasteiger partial charge in [-0.25, -0.2) is 0 Å². The average molecular weight is 244 g/mol. The van der Waals surface area contributed by atoms with Crippen LogP contribution in [0.15, 0.2) is 12.2 Å². The molecular weight excluding hydrogens is 216 g/mol. The van der Waals surface area contributed by atoms with Gasteiger partial charge in [-0.3, -0.25) is 0 Å². The summed E-state index contributed by atoms with van der Waals surface area (Å²) in [5.74, 6) is 5.46. The van der Waals surface area contributed by atoms with E-state index in [1.807, 2.05) is 0 Å². The van der Waals surface area contributed by atoms with E-state index in [9.17, 15) is 0 Å². The Bertz CT molecular complexity index is 355. The minimum Gasteiger partial charge on any atom is -0.0877 e. The molecule has 0 heterocycles. The molecule has 3 fully saturated rings. The van der Waals surface area contributed by atoms with Gasteiger partial charge in [0.25, 0.3) is 0 Å². The summed E-state index contributed by atoms with van der Waals surface area (Å²) in [5.41, 5.74) is 0.586. The summed E-state index contributed by atoms with van der Waals surface area (Å²) in [4.78, 5) is 0. The second-order valence-electron chi connectivity index (χ2n) is 7.90. The van der Waals surface area contributed by atoms with Crippen molar-refractivity contribution in [3.05, 3.63) is 12.2 Å². The van der Waals surface area contributed by atoms with Crippen LogP contribution in [0.1, 0.15) is 64.7 Å². The molecular formula is C18H28. The molecule has 4 aliphatic carbocycles. The zero-order valence-electron chi connectivity index (χ0n) is 11.9. The lowest BCUT2D eigenvalue weighted by molar-refractivity contribution is -0.0399. The molecule has 0 radical (unpaired) electrons. The topological polar surface area (TPSA) is 0 Å². The summed E-state index contributed by atoms with van der Waals surface area (Å²) >= 11 is 0. The number of hydrogen-bond acceptors (Lipinski definition) is 0. The van der Waals surface area contributed by atoms with E-state index in [2.05, 4.69) is 19.1 Å². The van der Waals surface area contributed by atoms with Crippen molar-refractivity contribution in [3.63, 3.8) is 0 Å². The number of rotatable bonds is 0. The van der Waals surface area contributed by atoms with Crippen LogP contribution in [0.25, 0.3) is 0 Å². The van der Waals surface area contributed by atoms with Crippen molar-refractivity contribution < 1.29 is 0 Å². The molecule has 100 valence electrons. The van der Waals surface area contributed by atoms with Gasteiger partial charge >= 0.3 is 0 Å². The van der Waals surface area contributed by atoms with Gasteiger partial charge in [-0.15, -0.1) is 0 Å². The van der Waals surface area contributed by atoms with Crippen LogP contribution in [0.4, 0.5) is 0 Å². The van der Waals surface area contributed by atoms with Crippen LogP contribution >= 0.6 is 0 Å². The smallest absolute Gasteiger partial charge is 0.0112 e. The Morgan fingerprint density at radius 1 is 0.889 bits per heavy atom. The van der Waals surface area contributed by atoms with E-state index in [1.165, 1.54) is 25.7 Å². The molecule has 18 heavy (non-hydrogen) atoms. The van der Waals surface area contributed by atoms with E-state index in [0.717, 1.165) is 29.6 Å². The second-order valence-corrected chi connectivity index (χ2v) is 7.90. The molecule has 0 aliphatic heterocycles. The lowest BCUT2D eigenvalue weighted by Crippen LogP contribution is -2.46. The molecule has 0 amide bonds. The maximum absolute atomic E-state index is 2.57. The molecule has 0 aromatic heterocycles. The first kappa shape index (κ1) is 11.6. The Kier molecular flexibility index (Phi) is 2.64. The lowest BCUT2D eigenvalue weighted by atomic mass is 9.51. The van der Waals surface area contributed by atoms with Gasteiger partial charge in [0.1, 0.15) is 0 Å². The largest absolute Gasteiger partial charge is 0.0877 e. The summed E-state index contributed by atoms with van der Waals surface area (Å²) in [5, 5.41) is 0. The highest BCUT2D eigenvalue weighted by atomic mass is 14.6. The summed E-state index contributed by atoms with van der Waals surface area (Å²) in [7, 11) is 0. The van der Waals surface area contributed by atoms with E-state index < -0.39 is 0 Å². The van der Waals surface area contributed by atoms with Crippen molar-refractivity contribution in [1.82, 2.24) is 0 Å². The van der Waals surface area contributed by atoms with Gasteiger partial charge in [0, 0.05) is 0 Å². The van der Waals surface area contributed by atoms with Gasteiger partial charge in [-0.05, 0) is 73.5 Å². The van der Waals surface area contributed by atoms with Gasteiger partial charge < -0.3 is 0 Å². The fourth-order valence-corrected chi connectivity index (χ4v) is 6.31. The Morgan fingerprint density at radius 3 is 2.72 bits per heavy atom. The third-order valence-electron chi connectivity index (χ3n) is 7.21. The Hall–Kier alpha value is -0.260. The van der Waals surface area contributed by atoms with Crippen molar-refractivity contribution in [1.29, 1.82) is 0 Å². The Labute approximate surface area is 112 Å². The molecule has 0 aromatic rings. The highest BCUT2D eigenvalue weighted by Gasteiger charge is 2.51. The van der Waals surface area contributed by atoms with Gasteiger partial charge in [-0.1, -0.05) is 38.3 Å². The van der Waals surface area contributed by atoms with Gasteiger partial charge in [0.05, 0.1) is 0 Å². The first-order valence-corrected chi connectivity index (χ1v) is 8.46. The quantitative estimate of drug-likeness (QED) is 0.514. The standard InChI is InChI=1S/C18H28/c1-18-11-4-7-17(18)16-9-8-13-5-2-3-6-14(13)15(16)10-12-18/h4,11,13-17H,2-3,5-10,12H2,1H3/t13?,14-,15+,16+,17-,18-/m0/s1. The van der Waals surface area contributed by atoms with E-state index in [4.69, 9.17) is 0 Å². The number of hydrogen-bond donors (Lipinski definition) is 0. The first-order valence-electron chi connectivity index (χ1n) is 8.46. The Balaban J connectivity index is 1.59. The summed E-state index contributed by atoms with van der Waals surface area (Å²) in [6, 6.07) is 0. The summed E-state index contributed by atoms with van der Waals surface area (Å²) in [6.07, 6.45) is 18.8. The zero-order chi connectivity index (χ0) is 12.2. The number of fused-ring (bicyclic) bond motifs is 5. The Morgan fingerprint density at radius 2 is 1.78 bits per heavy atom. The molecule has 0 heteroatoms. The zero-order valence-corrected chi connectivity index (χ0v) is 11.9. The SMILES string of the molecule is C[C@@]12C=CC[C@H]1[C@@H]1CCC3CCCC[C@@H]3[C@H]1CC2. The maximum Gasteiger partial charge on any atom is -0.0112 e. The van der Waals surface area contributed by atoms with E-state index in [1.54, 1.807) is 32.1 Å². The molecule has 0 saturated heterocycles. The normalized spacial score (nSPS) is 54.6. The van der Waals surface area contributed by atoms with Crippen LogP contribution in [-0.4, -0.2) is 0 Å². The third-order valence-corrected chi connectivity index (χ3v) is 7.21. The predicted octanol–water partition coefficient (Wildman–Crippen LogP) is 5.20. The molecule has 6 atom stereocenters. The maximum atomic E-state index is 2.57. The van der Waals surface area contributed by atoms with E-state index in [0.29, 0.717) is 5.41 Å². The molecule has 0 spiro atoms. The van der Waals surface area contributed by atoms with Crippen LogP contribution in [0.3, 0.4) is 0 Å². The lowest BCUT2D eigenvalue weighted by Gasteiger charge is -2.54. The molecule has 0 bridgehead atoms. The molecule has 4 rings (SSSR count). The third kappa shape index (κ3) is 1.57. The fraction of sp³-hybridized carbons (Fsp3) is 0.889. The predicted molar refractivity (Wildman–Crippen MR) is 76.3 cm³/mol. The molecule has 4 aliphatic rings. The first-order chi connectivity index (χ1) is 8.78. The second kappa shape index (κ2) is 4.12. The minimum atomic E-state index is 0.586. The van der Waals surface area contributed by atoms with Crippen molar-refractivity contribution >= 4 is 0 Å². The molecule has 0 N–H and O–H groups in total. The highest BCUT2D eigenvalue weighted by molar-refractivity contribution is 5.14. The number of allylic oxidation sites excluding steroid dienone is 2. The summed E-state index contributed by atoms with van der Waals surface area (Å²) in [6.45, 7) is 2.55. The fourth-order valence-electron chi connectivity index (χ4n) is 6.31. The van der Waals surface area contributed by atoms with Gasteiger partial charge in [0.15, 0.2) is 0 Å². The average Bonchev–Trinajstić information content (AvgIpc) is 2.80. The molecule has 0 nitrogen and oxygen atoms in total. The van der Waals surface area contributed by atoms with Crippen LogP contribution in [0.2, 0.25) is 0 Å². The highest BCUT2D eigenvalue weighted by Crippen LogP contribution is 2.60. The van der Waals surface area contributed by atoms with Gasteiger partial charge in [0.2, 0.25) is 0 Å². The molecule has 0 aromatic carbocycles. The van der Waals surface area contributed by atoms with Crippen molar-refractivity contribution in [3.8, 4) is 0 Å². The van der Waals surface area contributed by atoms with Crippen molar-refractivity contribution in [2.24, 2.45) is 35.0 Å². The van der Waals surface area contributed by atoms with E-state index >= 15 is 0 Å². The van der Waals surface area contributed by atoms with Gasteiger partial charge in [-0.2, -0.15) is 0 Å². The molecule has 1 unspecified atom stereocenters. The monoisotopic (exact) mass is 244 g/mol. The van der Waals surface area contributed by atoms with Crippen molar-refractivity contribution in [2.45, 2.75) is 64.7 Å². The molecule has 3 saturated carbocycles. The van der Waals surface area contributed by atoms with Crippen molar-refractivity contribution in [2.75, 3.05) is 0 Å². The van der Waals surface area contributed by atoms with E-state index in [-0.39, 0.29) is 0 Å². The van der Waals surface area contributed by atoms with Crippen LogP contribution in [-0.2, 0) is 0 Å².